The quantitative estimate of drug-likeness (QED) is 0.667. The molecule has 0 saturated carbocycles. The summed E-state index contributed by atoms with van der Waals surface area (Å²) in [5.74, 6) is 0.763. The number of anilines is 1. The monoisotopic (exact) mass is 426 g/mol. The highest BCUT2D eigenvalue weighted by atomic mass is 79.9. The molecule has 0 bridgehead atoms. The Morgan fingerprint density at radius 3 is 2.67 bits per heavy atom. The lowest BCUT2D eigenvalue weighted by Crippen LogP contribution is -2.42. The fraction of sp³-hybridized carbons (Fsp3) is 0.263. The minimum atomic E-state index is -0.0104. The standard InChI is InChI=1S/C19H19BrN6O/c20-14-5-3-13(4-6-14)16-12-17(24-23-16)19(27)26-10-7-15(8-11-26)22-18-2-1-9-21-25-18/h1-6,9,12,15H,7-8,10-11H2,(H,22,25)(H,23,24). The van der Waals surface area contributed by atoms with Crippen LogP contribution in [-0.2, 0) is 0 Å². The van der Waals surface area contributed by atoms with E-state index in [2.05, 4.69) is 41.6 Å². The van der Waals surface area contributed by atoms with Crippen molar-refractivity contribution in [1.29, 1.82) is 0 Å². The molecule has 2 aromatic heterocycles. The van der Waals surface area contributed by atoms with Crippen LogP contribution < -0.4 is 5.32 Å². The topological polar surface area (TPSA) is 86.8 Å². The molecular weight excluding hydrogens is 408 g/mol. The van der Waals surface area contributed by atoms with Crippen LogP contribution in [0.25, 0.3) is 11.3 Å². The van der Waals surface area contributed by atoms with Crippen LogP contribution in [0.15, 0.2) is 53.1 Å². The minimum Gasteiger partial charge on any atom is -0.366 e. The second-order valence-electron chi connectivity index (χ2n) is 6.49. The van der Waals surface area contributed by atoms with Crippen LogP contribution in [0.2, 0.25) is 0 Å². The number of nitrogens with one attached hydrogen (secondary N) is 2. The lowest BCUT2D eigenvalue weighted by Gasteiger charge is -2.32. The Balaban J connectivity index is 1.36. The summed E-state index contributed by atoms with van der Waals surface area (Å²) in [5.41, 5.74) is 2.26. The molecule has 0 radical (unpaired) electrons. The normalized spacial score (nSPS) is 14.9. The Kier molecular flexibility index (Phi) is 5.15. The summed E-state index contributed by atoms with van der Waals surface area (Å²) in [6.45, 7) is 1.40. The molecule has 27 heavy (non-hydrogen) atoms. The molecule has 0 aliphatic carbocycles. The molecule has 3 aromatic rings. The predicted octanol–water partition coefficient (Wildman–Crippen LogP) is 3.35. The summed E-state index contributed by atoms with van der Waals surface area (Å²) in [7, 11) is 0. The van der Waals surface area contributed by atoms with Crippen molar-refractivity contribution in [3.63, 3.8) is 0 Å². The van der Waals surface area contributed by atoms with Crippen LogP contribution in [0, 0.1) is 0 Å². The SMILES string of the molecule is O=C(c1cc(-c2ccc(Br)cc2)n[nH]1)N1CCC(Nc2cccnn2)CC1. The highest BCUT2D eigenvalue weighted by molar-refractivity contribution is 9.10. The largest absolute Gasteiger partial charge is 0.366 e. The van der Waals surface area contributed by atoms with E-state index in [1.165, 1.54) is 0 Å². The number of nitrogens with zero attached hydrogens (tertiary/aromatic N) is 4. The molecule has 1 aromatic carbocycles. The first-order valence-electron chi connectivity index (χ1n) is 8.84. The number of carbonyl (C=O) groups excluding carboxylic acids is 1. The number of likely N-dealkylation sites (tertiary alicyclic amines) is 1. The van der Waals surface area contributed by atoms with Gasteiger partial charge in [-0.05, 0) is 43.2 Å². The maximum absolute atomic E-state index is 12.8. The van der Waals surface area contributed by atoms with Gasteiger partial charge in [0.15, 0.2) is 0 Å². The van der Waals surface area contributed by atoms with E-state index in [0.717, 1.165) is 34.4 Å². The molecule has 1 fully saturated rings. The van der Waals surface area contributed by atoms with E-state index < -0.39 is 0 Å². The molecule has 4 rings (SSSR count). The maximum atomic E-state index is 12.8. The number of amides is 1. The van der Waals surface area contributed by atoms with Crippen LogP contribution in [0.1, 0.15) is 23.3 Å². The molecule has 1 aliphatic heterocycles. The maximum Gasteiger partial charge on any atom is 0.271 e. The fourth-order valence-electron chi connectivity index (χ4n) is 3.18. The van der Waals surface area contributed by atoms with Crippen LogP contribution in [0.3, 0.4) is 0 Å². The lowest BCUT2D eigenvalue weighted by molar-refractivity contribution is 0.0712. The van der Waals surface area contributed by atoms with Gasteiger partial charge in [-0.25, -0.2) is 0 Å². The molecule has 1 saturated heterocycles. The van der Waals surface area contributed by atoms with E-state index in [0.29, 0.717) is 24.8 Å². The smallest absolute Gasteiger partial charge is 0.271 e. The Labute approximate surface area is 165 Å². The van der Waals surface area contributed by atoms with E-state index in [4.69, 9.17) is 0 Å². The highest BCUT2D eigenvalue weighted by Crippen LogP contribution is 2.22. The van der Waals surface area contributed by atoms with Gasteiger partial charge in [0.05, 0.1) is 5.69 Å². The van der Waals surface area contributed by atoms with Gasteiger partial charge in [-0.2, -0.15) is 10.2 Å². The van der Waals surface area contributed by atoms with Crippen molar-refractivity contribution < 1.29 is 4.79 Å². The van der Waals surface area contributed by atoms with E-state index >= 15 is 0 Å². The molecule has 2 N–H and O–H groups in total. The summed E-state index contributed by atoms with van der Waals surface area (Å²) >= 11 is 3.42. The Hall–Kier alpha value is -2.74. The van der Waals surface area contributed by atoms with Crippen molar-refractivity contribution in [2.45, 2.75) is 18.9 Å². The number of aromatic nitrogens is 4. The second kappa shape index (κ2) is 7.87. The average molecular weight is 427 g/mol. The summed E-state index contributed by atoms with van der Waals surface area (Å²) < 4.78 is 1.01. The predicted molar refractivity (Wildman–Crippen MR) is 106 cm³/mol. The van der Waals surface area contributed by atoms with Crippen molar-refractivity contribution in [2.75, 3.05) is 18.4 Å². The number of carbonyl (C=O) groups is 1. The zero-order chi connectivity index (χ0) is 18.6. The molecule has 0 spiro atoms. The summed E-state index contributed by atoms with van der Waals surface area (Å²) in [5, 5.41) is 18.5. The molecule has 138 valence electrons. The number of benzene rings is 1. The van der Waals surface area contributed by atoms with Gasteiger partial charge < -0.3 is 10.2 Å². The summed E-state index contributed by atoms with van der Waals surface area (Å²) in [6, 6.07) is 13.7. The lowest BCUT2D eigenvalue weighted by atomic mass is 10.0. The molecule has 0 atom stereocenters. The fourth-order valence-corrected chi connectivity index (χ4v) is 3.45. The molecule has 3 heterocycles. The van der Waals surface area contributed by atoms with Crippen molar-refractivity contribution in [3.05, 3.63) is 58.8 Å². The van der Waals surface area contributed by atoms with Gasteiger partial charge in [0.2, 0.25) is 0 Å². The first-order valence-corrected chi connectivity index (χ1v) is 9.63. The molecule has 8 heteroatoms. The van der Waals surface area contributed by atoms with E-state index in [-0.39, 0.29) is 5.91 Å². The van der Waals surface area contributed by atoms with Gasteiger partial charge in [-0.15, -0.1) is 5.10 Å². The zero-order valence-electron chi connectivity index (χ0n) is 14.6. The van der Waals surface area contributed by atoms with Crippen molar-refractivity contribution in [3.8, 4) is 11.3 Å². The number of aromatic amines is 1. The number of halogens is 1. The number of hydrogen-bond acceptors (Lipinski definition) is 5. The van der Waals surface area contributed by atoms with Crippen LogP contribution in [0.5, 0.6) is 0 Å². The third kappa shape index (κ3) is 4.16. The Morgan fingerprint density at radius 1 is 1.19 bits per heavy atom. The number of H-pyrrole nitrogens is 1. The van der Waals surface area contributed by atoms with Crippen LogP contribution in [0.4, 0.5) is 5.82 Å². The minimum absolute atomic E-state index is 0.0104. The van der Waals surface area contributed by atoms with E-state index in [1.807, 2.05) is 47.4 Å². The second-order valence-corrected chi connectivity index (χ2v) is 7.41. The summed E-state index contributed by atoms with van der Waals surface area (Å²) in [4.78, 5) is 14.6. The third-order valence-electron chi connectivity index (χ3n) is 4.65. The molecule has 0 unspecified atom stereocenters. The Bertz CT molecular complexity index is 903. The van der Waals surface area contributed by atoms with Crippen molar-refractivity contribution in [1.82, 2.24) is 25.3 Å². The summed E-state index contributed by atoms with van der Waals surface area (Å²) in [6.07, 6.45) is 3.39. The van der Waals surface area contributed by atoms with E-state index in [9.17, 15) is 4.79 Å². The molecule has 1 aliphatic rings. The molecule has 1 amide bonds. The zero-order valence-corrected chi connectivity index (χ0v) is 16.2. The van der Waals surface area contributed by atoms with Gasteiger partial charge in [0, 0.05) is 35.4 Å². The van der Waals surface area contributed by atoms with Gasteiger partial charge in [-0.1, -0.05) is 28.1 Å². The first kappa shape index (κ1) is 17.7. The molecular formula is C19H19BrN6O. The van der Waals surface area contributed by atoms with Gasteiger partial charge in [-0.3, -0.25) is 9.89 Å². The Morgan fingerprint density at radius 2 is 1.96 bits per heavy atom. The van der Waals surface area contributed by atoms with Crippen molar-refractivity contribution >= 4 is 27.7 Å². The van der Waals surface area contributed by atoms with Gasteiger partial charge in [0.25, 0.3) is 5.91 Å². The number of piperidine rings is 1. The third-order valence-corrected chi connectivity index (χ3v) is 5.18. The average Bonchev–Trinajstić information content (AvgIpc) is 3.20. The number of hydrogen-bond donors (Lipinski definition) is 2. The van der Waals surface area contributed by atoms with Crippen LogP contribution >= 0.6 is 15.9 Å². The highest BCUT2D eigenvalue weighted by Gasteiger charge is 2.25. The molecule has 7 nitrogen and oxygen atoms in total. The van der Waals surface area contributed by atoms with Gasteiger partial charge >= 0.3 is 0 Å². The van der Waals surface area contributed by atoms with Crippen molar-refractivity contribution in [2.24, 2.45) is 0 Å². The van der Waals surface area contributed by atoms with E-state index in [1.54, 1.807) is 6.20 Å². The van der Waals surface area contributed by atoms with Crippen LogP contribution in [-0.4, -0.2) is 50.3 Å². The van der Waals surface area contributed by atoms with Gasteiger partial charge in [0.1, 0.15) is 11.5 Å². The number of rotatable bonds is 4. The first-order chi connectivity index (χ1) is 13.2.